The van der Waals surface area contributed by atoms with E-state index in [9.17, 15) is 13.2 Å². The van der Waals surface area contributed by atoms with Crippen molar-refractivity contribution in [2.75, 3.05) is 10.6 Å². The Morgan fingerprint density at radius 1 is 0.750 bits per heavy atom. The van der Waals surface area contributed by atoms with E-state index in [1.54, 1.807) is 73.7 Å². The Balaban J connectivity index is 1.61. The molecule has 2 amide bonds. The fourth-order valence-electron chi connectivity index (χ4n) is 2.64. The SMILES string of the molecule is C[C@@H](NS(=O)(=O)c1ccccc1)c1ccc(NC(=O)Nc2ccccc2)cc1. The molecule has 3 aromatic rings. The molecule has 144 valence electrons. The molecular weight excluding hydrogens is 374 g/mol. The highest BCUT2D eigenvalue weighted by Gasteiger charge is 2.18. The third-order valence-corrected chi connectivity index (χ3v) is 5.64. The Morgan fingerprint density at radius 2 is 1.25 bits per heavy atom. The lowest BCUT2D eigenvalue weighted by Crippen LogP contribution is -2.26. The molecule has 7 heteroatoms. The van der Waals surface area contributed by atoms with Crippen LogP contribution in [0.5, 0.6) is 0 Å². The number of sulfonamides is 1. The van der Waals surface area contributed by atoms with Crippen LogP contribution in [0.25, 0.3) is 0 Å². The van der Waals surface area contributed by atoms with E-state index in [2.05, 4.69) is 15.4 Å². The Bertz CT molecular complexity index is 1020. The Labute approximate surface area is 164 Å². The van der Waals surface area contributed by atoms with Crippen LogP contribution < -0.4 is 15.4 Å². The summed E-state index contributed by atoms with van der Waals surface area (Å²) in [7, 11) is -3.60. The maximum Gasteiger partial charge on any atom is 0.323 e. The number of carbonyl (C=O) groups excluding carboxylic acids is 1. The van der Waals surface area contributed by atoms with Gasteiger partial charge in [-0.1, -0.05) is 48.5 Å². The van der Waals surface area contributed by atoms with Crippen LogP contribution >= 0.6 is 0 Å². The van der Waals surface area contributed by atoms with Crippen LogP contribution in [0.15, 0.2) is 89.8 Å². The minimum atomic E-state index is -3.60. The minimum absolute atomic E-state index is 0.220. The molecule has 0 spiro atoms. The topological polar surface area (TPSA) is 87.3 Å². The van der Waals surface area contributed by atoms with Crippen LogP contribution in [-0.4, -0.2) is 14.4 Å². The van der Waals surface area contributed by atoms with Crippen molar-refractivity contribution in [1.29, 1.82) is 0 Å². The van der Waals surface area contributed by atoms with Gasteiger partial charge in [0.25, 0.3) is 0 Å². The Kier molecular flexibility index (Phi) is 6.08. The van der Waals surface area contributed by atoms with Gasteiger partial charge in [-0.15, -0.1) is 0 Å². The van der Waals surface area contributed by atoms with Gasteiger partial charge in [0.2, 0.25) is 10.0 Å². The van der Waals surface area contributed by atoms with Gasteiger partial charge in [-0.2, -0.15) is 0 Å². The summed E-state index contributed by atoms with van der Waals surface area (Å²) in [6.45, 7) is 1.77. The minimum Gasteiger partial charge on any atom is -0.308 e. The van der Waals surface area contributed by atoms with Crippen LogP contribution in [0.3, 0.4) is 0 Å². The van der Waals surface area contributed by atoms with E-state index in [-0.39, 0.29) is 10.9 Å². The van der Waals surface area contributed by atoms with Gasteiger partial charge in [-0.25, -0.2) is 17.9 Å². The first kappa shape index (κ1) is 19.6. The zero-order valence-corrected chi connectivity index (χ0v) is 16.1. The van der Waals surface area contributed by atoms with Crippen LogP contribution in [0, 0.1) is 0 Å². The lowest BCUT2D eigenvalue weighted by atomic mass is 10.1. The summed E-state index contributed by atoms with van der Waals surface area (Å²) >= 11 is 0. The van der Waals surface area contributed by atoms with Crippen molar-refractivity contribution in [3.63, 3.8) is 0 Å². The van der Waals surface area contributed by atoms with Crippen molar-refractivity contribution in [1.82, 2.24) is 4.72 Å². The van der Waals surface area contributed by atoms with Gasteiger partial charge >= 0.3 is 6.03 Å². The molecule has 0 aromatic heterocycles. The van der Waals surface area contributed by atoms with E-state index in [1.807, 2.05) is 18.2 Å². The van der Waals surface area contributed by atoms with E-state index in [1.165, 1.54) is 0 Å². The largest absolute Gasteiger partial charge is 0.323 e. The van der Waals surface area contributed by atoms with Gasteiger partial charge in [0.1, 0.15) is 0 Å². The molecule has 1 atom stereocenters. The zero-order valence-electron chi connectivity index (χ0n) is 15.3. The molecule has 3 rings (SSSR count). The van der Waals surface area contributed by atoms with Crippen LogP contribution in [0.1, 0.15) is 18.5 Å². The van der Waals surface area contributed by atoms with Gasteiger partial charge in [0.05, 0.1) is 4.90 Å². The predicted molar refractivity (Wildman–Crippen MR) is 111 cm³/mol. The molecule has 3 N–H and O–H groups in total. The summed E-state index contributed by atoms with van der Waals surface area (Å²) in [5.41, 5.74) is 2.09. The first-order valence-electron chi connectivity index (χ1n) is 8.74. The van der Waals surface area contributed by atoms with E-state index in [0.717, 1.165) is 5.56 Å². The second kappa shape index (κ2) is 8.69. The summed E-state index contributed by atoms with van der Waals surface area (Å²) in [5.74, 6) is 0. The molecular formula is C21H21N3O3S. The fourth-order valence-corrected chi connectivity index (χ4v) is 3.89. The third kappa shape index (κ3) is 5.18. The van der Waals surface area contributed by atoms with Crippen molar-refractivity contribution >= 4 is 27.4 Å². The van der Waals surface area contributed by atoms with Crippen molar-refractivity contribution in [3.05, 3.63) is 90.5 Å². The molecule has 0 saturated carbocycles. The van der Waals surface area contributed by atoms with Crippen LogP contribution in [0.4, 0.5) is 16.2 Å². The number of rotatable bonds is 6. The van der Waals surface area contributed by atoms with E-state index in [4.69, 9.17) is 0 Å². The predicted octanol–water partition coefficient (Wildman–Crippen LogP) is 4.37. The average molecular weight is 395 g/mol. The number of benzene rings is 3. The molecule has 0 aliphatic carbocycles. The quantitative estimate of drug-likeness (QED) is 0.579. The molecule has 3 aromatic carbocycles. The molecule has 6 nitrogen and oxygen atoms in total. The third-order valence-electron chi connectivity index (χ3n) is 4.09. The number of amides is 2. The summed E-state index contributed by atoms with van der Waals surface area (Å²) in [4.78, 5) is 12.3. The van der Waals surface area contributed by atoms with Gasteiger partial charge in [0, 0.05) is 17.4 Å². The number of hydrogen-bond acceptors (Lipinski definition) is 3. The average Bonchev–Trinajstić information content (AvgIpc) is 2.69. The normalized spacial score (nSPS) is 12.2. The molecule has 0 radical (unpaired) electrons. The van der Waals surface area contributed by atoms with Gasteiger partial charge in [0.15, 0.2) is 0 Å². The second-order valence-electron chi connectivity index (χ2n) is 6.22. The molecule has 0 unspecified atom stereocenters. The first-order chi connectivity index (χ1) is 13.4. The van der Waals surface area contributed by atoms with Crippen molar-refractivity contribution in [3.8, 4) is 0 Å². The molecule has 0 aliphatic rings. The smallest absolute Gasteiger partial charge is 0.308 e. The van der Waals surface area contributed by atoms with Crippen molar-refractivity contribution in [2.45, 2.75) is 17.9 Å². The molecule has 0 aliphatic heterocycles. The molecule has 0 saturated heterocycles. The highest BCUT2D eigenvalue weighted by molar-refractivity contribution is 7.89. The molecule has 0 fully saturated rings. The van der Waals surface area contributed by atoms with Gasteiger partial charge in [-0.05, 0) is 48.9 Å². The number of carbonyl (C=O) groups is 1. The van der Waals surface area contributed by atoms with Crippen LogP contribution in [0.2, 0.25) is 0 Å². The maximum absolute atomic E-state index is 12.4. The highest BCUT2D eigenvalue weighted by Crippen LogP contribution is 2.19. The highest BCUT2D eigenvalue weighted by atomic mass is 32.2. The Hall–Kier alpha value is -3.16. The number of para-hydroxylation sites is 1. The summed E-state index contributed by atoms with van der Waals surface area (Å²) in [6, 6.07) is 23.6. The monoisotopic (exact) mass is 395 g/mol. The fraction of sp³-hybridized carbons (Fsp3) is 0.0952. The zero-order chi connectivity index (χ0) is 20.0. The molecule has 0 bridgehead atoms. The van der Waals surface area contributed by atoms with Crippen molar-refractivity contribution in [2.24, 2.45) is 0 Å². The number of urea groups is 1. The van der Waals surface area contributed by atoms with Gasteiger partial charge < -0.3 is 10.6 Å². The van der Waals surface area contributed by atoms with E-state index < -0.39 is 16.1 Å². The number of nitrogens with one attached hydrogen (secondary N) is 3. The molecule has 0 heterocycles. The standard InChI is InChI=1S/C21H21N3O3S/c1-16(24-28(26,27)20-10-6-3-7-11-20)17-12-14-19(15-13-17)23-21(25)22-18-8-4-2-5-9-18/h2-16,24H,1H3,(H2,22,23,25)/t16-/m1/s1. The lowest BCUT2D eigenvalue weighted by molar-refractivity contribution is 0.262. The van der Waals surface area contributed by atoms with Gasteiger partial charge in [-0.3, -0.25) is 0 Å². The van der Waals surface area contributed by atoms with Crippen molar-refractivity contribution < 1.29 is 13.2 Å². The summed E-state index contributed by atoms with van der Waals surface area (Å²) in [5, 5.41) is 5.48. The molecule has 28 heavy (non-hydrogen) atoms. The first-order valence-corrected chi connectivity index (χ1v) is 10.2. The summed E-state index contributed by atoms with van der Waals surface area (Å²) < 4.78 is 27.5. The Morgan fingerprint density at radius 3 is 1.82 bits per heavy atom. The van der Waals surface area contributed by atoms with E-state index >= 15 is 0 Å². The lowest BCUT2D eigenvalue weighted by Gasteiger charge is -2.15. The van der Waals surface area contributed by atoms with Crippen LogP contribution in [-0.2, 0) is 10.0 Å². The van der Waals surface area contributed by atoms with E-state index in [0.29, 0.717) is 11.4 Å². The summed E-state index contributed by atoms with van der Waals surface area (Å²) in [6.07, 6.45) is 0. The maximum atomic E-state index is 12.4. The second-order valence-corrected chi connectivity index (χ2v) is 7.94. The number of anilines is 2. The number of hydrogen-bond donors (Lipinski definition) is 3.